The molecule has 0 radical (unpaired) electrons. The van der Waals surface area contributed by atoms with E-state index in [1.165, 1.54) is 0 Å². The van der Waals surface area contributed by atoms with E-state index < -0.39 is 12.0 Å². The van der Waals surface area contributed by atoms with E-state index in [9.17, 15) is 9.90 Å². The first-order chi connectivity index (χ1) is 6.52. The van der Waals surface area contributed by atoms with Crippen molar-refractivity contribution < 1.29 is 9.90 Å². The quantitative estimate of drug-likeness (QED) is 0.702. The minimum atomic E-state index is -1.01. The highest BCUT2D eigenvalue weighted by Crippen LogP contribution is 2.19. The minimum absolute atomic E-state index is 0.00820. The van der Waals surface area contributed by atoms with E-state index in [1.54, 1.807) is 12.1 Å². The Morgan fingerprint density at radius 2 is 1.93 bits per heavy atom. The summed E-state index contributed by atoms with van der Waals surface area (Å²) in [5.41, 5.74) is 6.73. The van der Waals surface area contributed by atoms with Crippen LogP contribution in [0.4, 0.5) is 0 Å². The Labute approximate surface area is 82.9 Å². The van der Waals surface area contributed by atoms with Crippen LogP contribution in [0.25, 0.3) is 0 Å². The van der Waals surface area contributed by atoms with Gasteiger partial charge in [-0.15, -0.1) is 0 Å². The molecular formula is C11H13NO2. The van der Waals surface area contributed by atoms with Crippen LogP contribution in [0.1, 0.15) is 17.2 Å². The first-order valence-electron chi connectivity index (χ1n) is 4.25. The molecule has 1 atom stereocenters. The molecule has 3 heteroatoms. The Morgan fingerprint density at radius 3 is 2.36 bits per heavy atom. The molecule has 3 nitrogen and oxygen atoms in total. The van der Waals surface area contributed by atoms with Crippen LogP contribution in [0.15, 0.2) is 36.4 Å². The van der Waals surface area contributed by atoms with Crippen molar-refractivity contribution in [3.8, 4) is 0 Å². The first kappa shape index (κ1) is 10.5. The second-order valence-electron chi connectivity index (χ2n) is 3.20. The number of hydrogen-bond donors (Lipinski definition) is 2. The van der Waals surface area contributed by atoms with Crippen LogP contribution < -0.4 is 5.73 Å². The van der Waals surface area contributed by atoms with Crippen LogP contribution in [0.5, 0.6) is 0 Å². The number of benzene rings is 1. The van der Waals surface area contributed by atoms with Crippen LogP contribution >= 0.6 is 0 Å². The fraction of sp³-hybridized carbons (Fsp3) is 0.182. The number of primary amides is 1. The fourth-order valence-electron chi connectivity index (χ4n) is 1.08. The molecular weight excluding hydrogens is 178 g/mol. The van der Waals surface area contributed by atoms with Gasteiger partial charge in [-0.25, -0.2) is 0 Å². The van der Waals surface area contributed by atoms with Crippen molar-refractivity contribution >= 4 is 5.91 Å². The number of rotatable bonds is 3. The summed E-state index contributed by atoms with van der Waals surface area (Å²) in [4.78, 5) is 10.7. The predicted molar refractivity (Wildman–Crippen MR) is 54.5 cm³/mol. The van der Waals surface area contributed by atoms with Gasteiger partial charge in [-0.3, -0.25) is 4.79 Å². The van der Waals surface area contributed by atoms with Gasteiger partial charge in [0.05, 0.1) is 0 Å². The average molecular weight is 191 g/mol. The topological polar surface area (TPSA) is 63.3 Å². The van der Waals surface area contributed by atoms with Crippen molar-refractivity contribution in [1.82, 2.24) is 0 Å². The standard InChI is InChI=1S/C11H13NO2/c1-7-3-5-9(6-4-7)10(13)8(2)11(12)14/h3-6,10,13H,2H2,1H3,(H2,12,14). The lowest BCUT2D eigenvalue weighted by Gasteiger charge is -2.11. The maximum atomic E-state index is 10.7. The zero-order valence-electron chi connectivity index (χ0n) is 8.03. The van der Waals surface area contributed by atoms with E-state index in [1.807, 2.05) is 19.1 Å². The average Bonchev–Trinajstić information content (AvgIpc) is 2.16. The molecule has 1 aromatic carbocycles. The lowest BCUT2D eigenvalue weighted by atomic mass is 10.0. The maximum absolute atomic E-state index is 10.7. The molecule has 1 rings (SSSR count). The molecule has 0 aliphatic heterocycles. The van der Waals surface area contributed by atoms with Gasteiger partial charge in [0.2, 0.25) is 5.91 Å². The van der Waals surface area contributed by atoms with Gasteiger partial charge < -0.3 is 10.8 Å². The van der Waals surface area contributed by atoms with Crippen LogP contribution in [0, 0.1) is 6.92 Å². The smallest absolute Gasteiger partial charge is 0.247 e. The number of aliphatic hydroxyl groups excluding tert-OH is 1. The van der Waals surface area contributed by atoms with Crippen LogP contribution in [0.2, 0.25) is 0 Å². The minimum Gasteiger partial charge on any atom is -0.383 e. The lowest BCUT2D eigenvalue weighted by Crippen LogP contribution is -2.18. The third-order valence-electron chi connectivity index (χ3n) is 2.04. The van der Waals surface area contributed by atoms with E-state index >= 15 is 0 Å². The predicted octanol–water partition coefficient (Wildman–Crippen LogP) is 1.07. The van der Waals surface area contributed by atoms with E-state index in [0.29, 0.717) is 5.56 Å². The largest absolute Gasteiger partial charge is 0.383 e. The Morgan fingerprint density at radius 1 is 1.43 bits per heavy atom. The molecule has 0 aliphatic carbocycles. The van der Waals surface area contributed by atoms with Gasteiger partial charge in [0.25, 0.3) is 0 Å². The molecule has 3 N–H and O–H groups in total. The summed E-state index contributed by atoms with van der Waals surface area (Å²) in [5.74, 6) is -0.682. The fourth-order valence-corrected chi connectivity index (χ4v) is 1.08. The van der Waals surface area contributed by atoms with Gasteiger partial charge in [0.15, 0.2) is 0 Å². The van der Waals surface area contributed by atoms with Crippen LogP contribution in [-0.4, -0.2) is 11.0 Å². The van der Waals surface area contributed by atoms with E-state index in [0.717, 1.165) is 5.56 Å². The molecule has 0 spiro atoms. The van der Waals surface area contributed by atoms with Gasteiger partial charge in [0, 0.05) is 5.57 Å². The van der Waals surface area contributed by atoms with Crippen molar-refractivity contribution in [1.29, 1.82) is 0 Å². The molecule has 1 unspecified atom stereocenters. The van der Waals surface area contributed by atoms with Crippen molar-refractivity contribution in [2.24, 2.45) is 5.73 Å². The number of aliphatic hydroxyl groups is 1. The molecule has 14 heavy (non-hydrogen) atoms. The second-order valence-corrected chi connectivity index (χ2v) is 3.20. The third-order valence-corrected chi connectivity index (χ3v) is 2.04. The third kappa shape index (κ3) is 2.20. The molecule has 74 valence electrons. The number of hydrogen-bond acceptors (Lipinski definition) is 2. The molecule has 0 aromatic heterocycles. The SMILES string of the molecule is C=C(C(N)=O)C(O)c1ccc(C)cc1. The summed E-state index contributed by atoms with van der Waals surface area (Å²) in [5, 5.41) is 9.65. The number of carbonyl (C=O) groups excluding carboxylic acids is 1. The van der Waals surface area contributed by atoms with Crippen LogP contribution in [-0.2, 0) is 4.79 Å². The molecule has 0 heterocycles. The highest BCUT2D eigenvalue weighted by Gasteiger charge is 2.15. The number of carbonyl (C=O) groups is 1. The van der Waals surface area contributed by atoms with Crippen molar-refractivity contribution in [2.45, 2.75) is 13.0 Å². The summed E-state index contributed by atoms with van der Waals surface area (Å²) < 4.78 is 0. The summed E-state index contributed by atoms with van der Waals surface area (Å²) >= 11 is 0. The van der Waals surface area contributed by atoms with Gasteiger partial charge in [0.1, 0.15) is 6.10 Å². The highest BCUT2D eigenvalue weighted by molar-refractivity contribution is 5.92. The Hall–Kier alpha value is -1.61. The summed E-state index contributed by atoms with van der Waals surface area (Å²) in [7, 11) is 0. The van der Waals surface area contributed by atoms with Crippen molar-refractivity contribution in [3.63, 3.8) is 0 Å². The zero-order valence-corrected chi connectivity index (χ0v) is 8.03. The Bertz CT molecular complexity index is 354. The zero-order chi connectivity index (χ0) is 10.7. The molecule has 0 saturated heterocycles. The van der Waals surface area contributed by atoms with E-state index in [-0.39, 0.29) is 5.57 Å². The number of amides is 1. The summed E-state index contributed by atoms with van der Waals surface area (Å²) in [6.07, 6.45) is -1.01. The number of nitrogens with two attached hydrogens (primary N) is 1. The van der Waals surface area contributed by atoms with Crippen LogP contribution in [0.3, 0.4) is 0 Å². The molecule has 0 saturated carbocycles. The van der Waals surface area contributed by atoms with Crippen molar-refractivity contribution in [3.05, 3.63) is 47.5 Å². The Balaban J connectivity index is 2.89. The molecule has 0 aliphatic rings. The normalized spacial score (nSPS) is 12.1. The van der Waals surface area contributed by atoms with E-state index in [2.05, 4.69) is 6.58 Å². The second kappa shape index (κ2) is 4.07. The summed E-state index contributed by atoms with van der Waals surface area (Å²) in [6, 6.07) is 7.20. The summed E-state index contributed by atoms with van der Waals surface area (Å²) in [6.45, 7) is 5.37. The lowest BCUT2D eigenvalue weighted by molar-refractivity contribution is -0.115. The molecule has 1 aromatic rings. The number of aryl methyl sites for hydroxylation is 1. The van der Waals surface area contributed by atoms with Gasteiger partial charge in [-0.2, -0.15) is 0 Å². The van der Waals surface area contributed by atoms with Gasteiger partial charge in [-0.05, 0) is 12.5 Å². The van der Waals surface area contributed by atoms with E-state index in [4.69, 9.17) is 5.73 Å². The maximum Gasteiger partial charge on any atom is 0.247 e. The molecule has 0 fully saturated rings. The highest BCUT2D eigenvalue weighted by atomic mass is 16.3. The first-order valence-corrected chi connectivity index (χ1v) is 4.25. The van der Waals surface area contributed by atoms with Crippen molar-refractivity contribution in [2.75, 3.05) is 0 Å². The van der Waals surface area contributed by atoms with Gasteiger partial charge in [-0.1, -0.05) is 36.4 Å². The van der Waals surface area contributed by atoms with Gasteiger partial charge >= 0.3 is 0 Å². The molecule has 0 bridgehead atoms. The molecule has 1 amide bonds. The Kier molecular flexibility index (Phi) is 3.04. The monoisotopic (exact) mass is 191 g/mol.